The molecule has 21 heavy (non-hydrogen) atoms. The minimum Gasteiger partial charge on any atom is -0.494 e. The minimum atomic E-state index is -0.623. The van der Waals surface area contributed by atoms with Crippen LogP contribution in [0.15, 0.2) is 33.9 Å². The predicted molar refractivity (Wildman–Crippen MR) is 83.0 cm³/mol. The van der Waals surface area contributed by atoms with E-state index in [0.29, 0.717) is 17.0 Å². The number of H-pyrrole nitrogens is 1. The number of aromatic amines is 1. The zero-order valence-corrected chi connectivity index (χ0v) is 12.9. The van der Waals surface area contributed by atoms with Crippen molar-refractivity contribution < 1.29 is 5.11 Å². The molecule has 1 aromatic heterocycles. The summed E-state index contributed by atoms with van der Waals surface area (Å²) in [5.74, 6) is -0.335. The van der Waals surface area contributed by atoms with Crippen molar-refractivity contribution in [2.75, 3.05) is 0 Å². The molecule has 1 aromatic carbocycles. The van der Waals surface area contributed by atoms with E-state index in [1.807, 2.05) is 20.8 Å². The monoisotopic (exact) mass is 308 g/mol. The van der Waals surface area contributed by atoms with Gasteiger partial charge in [-0.1, -0.05) is 30.7 Å². The average Bonchev–Trinajstić information content (AvgIpc) is 2.40. The first-order chi connectivity index (χ1) is 9.77. The van der Waals surface area contributed by atoms with Crippen LogP contribution in [0.3, 0.4) is 0 Å². The van der Waals surface area contributed by atoms with Crippen LogP contribution in [0.4, 0.5) is 0 Å². The van der Waals surface area contributed by atoms with Crippen molar-refractivity contribution in [1.29, 1.82) is 0 Å². The summed E-state index contributed by atoms with van der Waals surface area (Å²) in [7, 11) is 0. The highest BCUT2D eigenvalue weighted by atomic mass is 35.5. The third kappa shape index (κ3) is 2.74. The van der Waals surface area contributed by atoms with E-state index in [-0.39, 0.29) is 11.4 Å². The highest BCUT2D eigenvalue weighted by Crippen LogP contribution is 2.30. The van der Waals surface area contributed by atoms with Gasteiger partial charge in [0.1, 0.15) is 5.56 Å². The molecule has 1 heterocycles. The van der Waals surface area contributed by atoms with Crippen molar-refractivity contribution >= 4 is 11.6 Å². The van der Waals surface area contributed by atoms with Gasteiger partial charge in [0.2, 0.25) is 5.88 Å². The zero-order chi connectivity index (χ0) is 15.8. The van der Waals surface area contributed by atoms with Crippen LogP contribution in [0.1, 0.15) is 27.2 Å². The third-order valence-corrected chi connectivity index (χ3v) is 3.94. The molecule has 5 nitrogen and oxygen atoms in total. The van der Waals surface area contributed by atoms with Gasteiger partial charge in [0, 0.05) is 10.6 Å². The summed E-state index contributed by atoms with van der Waals surface area (Å²) in [6.07, 6.45) is 0.618. The maximum absolute atomic E-state index is 12.1. The average molecular weight is 309 g/mol. The molecule has 0 aliphatic carbocycles. The van der Waals surface area contributed by atoms with Gasteiger partial charge in [0.05, 0.1) is 0 Å². The Hall–Kier alpha value is -2.01. The Morgan fingerprint density at radius 3 is 2.33 bits per heavy atom. The minimum absolute atomic E-state index is 0.0628. The molecule has 0 fully saturated rings. The predicted octanol–water partition coefficient (Wildman–Crippen LogP) is 2.71. The first kappa shape index (κ1) is 15.4. The smallest absolute Gasteiger partial charge is 0.331 e. The number of aromatic nitrogens is 2. The molecule has 0 radical (unpaired) electrons. The molecule has 6 heteroatoms. The first-order valence-electron chi connectivity index (χ1n) is 6.62. The van der Waals surface area contributed by atoms with Crippen molar-refractivity contribution in [3.63, 3.8) is 0 Å². The maximum atomic E-state index is 12.1. The van der Waals surface area contributed by atoms with Crippen molar-refractivity contribution in [3.8, 4) is 17.0 Å². The summed E-state index contributed by atoms with van der Waals surface area (Å²) >= 11 is 5.83. The maximum Gasteiger partial charge on any atom is 0.331 e. The molecule has 0 saturated heterocycles. The molecular weight excluding hydrogens is 292 g/mol. The van der Waals surface area contributed by atoms with Crippen LogP contribution in [-0.2, 0) is 5.54 Å². The van der Waals surface area contributed by atoms with E-state index in [9.17, 15) is 14.7 Å². The lowest BCUT2D eigenvalue weighted by Crippen LogP contribution is -2.40. The van der Waals surface area contributed by atoms with Crippen molar-refractivity contribution in [2.45, 2.75) is 32.7 Å². The Morgan fingerprint density at radius 2 is 1.81 bits per heavy atom. The lowest BCUT2D eigenvalue weighted by Gasteiger charge is -2.27. The van der Waals surface area contributed by atoms with Crippen LogP contribution in [0.25, 0.3) is 11.1 Å². The molecule has 2 rings (SSSR count). The van der Waals surface area contributed by atoms with Crippen LogP contribution in [0.5, 0.6) is 5.88 Å². The highest BCUT2D eigenvalue weighted by molar-refractivity contribution is 6.30. The van der Waals surface area contributed by atoms with Gasteiger partial charge < -0.3 is 5.11 Å². The Morgan fingerprint density at radius 1 is 1.24 bits per heavy atom. The summed E-state index contributed by atoms with van der Waals surface area (Å²) in [4.78, 5) is 26.3. The molecule has 0 bridgehead atoms. The second kappa shape index (κ2) is 5.41. The normalized spacial score (nSPS) is 11.6. The number of nitrogens with zero attached hydrogens (tertiary/aromatic N) is 1. The number of benzene rings is 1. The second-order valence-electron chi connectivity index (χ2n) is 5.47. The van der Waals surface area contributed by atoms with E-state index in [2.05, 4.69) is 4.98 Å². The molecule has 2 N–H and O–H groups in total. The number of rotatable bonds is 3. The zero-order valence-electron chi connectivity index (χ0n) is 12.1. The van der Waals surface area contributed by atoms with Crippen molar-refractivity contribution in [2.24, 2.45) is 0 Å². The Balaban J connectivity index is 2.80. The molecular formula is C15H17ClN2O3. The van der Waals surface area contributed by atoms with Gasteiger partial charge in [0.25, 0.3) is 5.56 Å². The fraction of sp³-hybridized carbons (Fsp3) is 0.333. The van der Waals surface area contributed by atoms with Gasteiger partial charge in [-0.05, 0) is 38.0 Å². The van der Waals surface area contributed by atoms with E-state index in [4.69, 9.17) is 11.6 Å². The van der Waals surface area contributed by atoms with E-state index < -0.39 is 16.8 Å². The molecule has 112 valence electrons. The van der Waals surface area contributed by atoms with Gasteiger partial charge in [-0.3, -0.25) is 14.3 Å². The molecule has 0 aliphatic heterocycles. The highest BCUT2D eigenvalue weighted by Gasteiger charge is 2.26. The van der Waals surface area contributed by atoms with E-state index >= 15 is 0 Å². The summed E-state index contributed by atoms with van der Waals surface area (Å²) in [5, 5.41) is 11.0. The molecule has 0 amide bonds. The van der Waals surface area contributed by atoms with Gasteiger partial charge in [0.15, 0.2) is 0 Å². The Bertz CT molecular complexity index is 773. The van der Waals surface area contributed by atoms with Crippen LogP contribution in [-0.4, -0.2) is 14.7 Å². The first-order valence-corrected chi connectivity index (χ1v) is 7.00. The summed E-state index contributed by atoms with van der Waals surface area (Å²) in [5.41, 5.74) is -1.30. The van der Waals surface area contributed by atoms with E-state index in [1.165, 1.54) is 4.57 Å². The molecule has 0 spiro atoms. The Kier molecular flexibility index (Phi) is 3.96. The van der Waals surface area contributed by atoms with Crippen LogP contribution < -0.4 is 11.2 Å². The van der Waals surface area contributed by atoms with Gasteiger partial charge in [-0.15, -0.1) is 0 Å². The number of hydrogen-bond donors (Lipinski definition) is 2. The standard InChI is InChI=1S/C15H17ClN2O3/c1-4-15(2,3)18-13(20)11(12(19)17-14(18)21)9-5-7-10(16)8-6-9/h5-8,20H,4H2,1-3H3,(H,17,19,21). The SMILES string of the molecule is CCC(C)(C)n1c(O)c(-c2ccc(Cl)cc2)c(=O)[nH]c1=O. The van der Waals surface area contributed by atoms with Crippen molar-refractivity contribution in [3.05, 3.63) is 50.1 Å². The fourth-order valence-corrected chi connectivity index (χ4v) is 2.25. The fourth-order valence-electron chi connectivity index (χ4n) is 2.12. The summed E-state index contributed by atoms with van der Waals surface area (Å²) < 4.78 is 1.21. The van der Waals surface area contributed by atoms with Crippen LogP contribution in [0, 0.1) is 0 Å². The number of hydrogen-bond acceptors (Lipinski definition) is 3. The topological polar surface area (TPSA) is 75.1 Å². The second-order valence-corrected chi connectivity index (χ2v) is 5.90. The van der Waals surface area contributed by atoms with Crippen molar-refractivity contribution in [1.82, 2.24) is 9.55 Å². The molecule has 0 atom stereocenters. The van der Waals surface area contributed by atoms with Gasteiger partial charge in [-0.25, -0.2) is 4.79 Å². The largest absolute Gasteiger partial charge is 0.494 e. The van der Waals surface area contributed by atoms with E-state index in [1.54, 1.807) is 24.3 Å². The summed E-state index contributed by atoms with van der Waals surface area (Å²) in [6, 6.07) is 6.49. The van der Waals surface area contributed by atoms with Crippen LogP contribution in [0.2, 0.25) is 5.02 Å². The molecule has 0 saturated carbocycles. The molecule has 0 aliphatic rings. The van der Waals surface area contributed by atoms with Gasteiger partial charge in [-0.2, -0.15) is 0 Å². The molecule has 0 unspecified atom stereocenters. The lowest BCUT2D eigenvalue weighted by atomic mass is 10.0. The number of halogens is 1. The van der Waals surface area contributed by atoms with Crippen LogP contribution >= 0.6 is 11.6 Å². The third-order valence-electron chi connectivity index (χ3n) is 3.69. The van der Waals surface area contributed by atoms with Gasteiger partial charge >= 0.3 is 5.69 Å². The lowest BCUT2D eigenvalue weighted by molar-refractivity contribution is 0.277. The number of nitrogens with one attached hydrogen (secondary N) is 1. The quantitative estimate of drug-likeness (QED) is 0.915. The Labute approximate surface area is 126 Å². The molecule has 2 aromatic rings. The number of aromatic hydroxyl groups is 1. The summed E-state index contributed by atoms with van der Waals surface area (Å²) in [6.45, 7) is 5.54. The van der Waals surface area contributed by atoms with E-state index in [0.717, 1.165) is 0 Å².